The van der Waals surface area contributed by atoms with Crippen molar-refractivity contribution in [1.29, 1.82) is 0 Å². The second-order valence-corrected chi connectivity index (χ2v) is 4.48. The van der Waals surface area contributed by atoms with E-state index in [1.165, 1.54) is 0 Å². The fourth-order valence-corrected chi connectivity index (χ4v) is 2.21. The fourth-order valence-electron chi connectivity index (χ4n) is 2.21. The first-order valence-electron chi connectivity index (χ1n) is 6.27. The number of carbonyl (C=O) groups is 1. The SMILES string of the molecule is CCN1CCC(NC(=O)Cn2cccn2)CC1. The summed E-state index contributed by atoms with van der Waals surface area (Å²) >= 11 is 0. The van der Waals surface area contributed by atoms with Crippen LogP contribution in [0.15, 0.2) is 18.5 Å². The topological polar surface area (TPSA) is 50.2 Å². The summed E-state index contributed by atoms with van der Waals surface area (Å²) in [6.07, 6.45) is 5.60. The molecule has 1 aromatic rings. The maximum absolute atomic E-state index is 11.7. The van der Waals surface area contributed by atoms with Gasteiger partial charge in [0.1, 0.15) is 6.54 Å². The van der Waals surface area contributed by atoms with Gasteiger partial charge in [-0.3, -0.25) is 9.48 Å². The Morgan fingerprint density at radius 2 is 2.24 bits per heavy atom. The van der Waals surface area contributed by atoms with Crippen molar-refractivity contribution in [2.75, 3.05) is 19.6 Å². The van der Waals surface area contributed by atoms with Crippen molar-refractivity contribution in [3.05, 3.63) is 18.5 Å². The molecule has 5 nitrogen and oxygen atoms in total. The number of amides is 1. The largest absolute Gasteiger partial charge is 0.352 e. The highest BCUT2D eigenvalue weighted by atomic mass is 16.2. The summed E-state index contributed by atoms with van der Waals surface area (Å²) in [5.74, 6) is 0.0589. The lowest BCUT2D eigenvalue weighted by atomic mass is 10.1. The van der Waals surface area contributed by atoms with Crippen LogP contribution in [0.25, 0.3) is 0 Å². The summed E-state index contributed by atoms with van der Waals surface area (Å²) in [6, 6.07) is 2.16. The molecule has 0 radical (unpaired) electrons. The standard InChI is InChI=1S/C12H20N4O/c1-2-15-8-4-11(5-9-15)14-12(17)10-16-7-3-6-13-16/h3,6-7,11H,2,4-5,8-10H2,1H3,(H,14,17). The van der Waals surface area contributed by atoms with E-state index in [9.17, 15) is 4.79 Å². The zero-order valence-corrected chi connectivity index (χ0v) is 10.3. The van der Waals surface area contributed by atoms with E-state index in [0.29, 0.717) is 12.6 Å². The van der Waals surface area contributed by atoms with E-state index in [-0.39, 0.29) is 5.91 Å². The molecule has 0 spiro atoms. The first-order chi connectivity index (χ1) is 8.28. The predicted octanol–water partition coefficient (Wildman–Crippen LogP) is 0.484. The molecule has 0 atom stereocenters. The van der Waals surface area contributed by atoms with Gasteiger partial charge < -0.3 is 10.2 Å². The molecule has 0 aromatic carbocycles. The number of rotatable bonds is 4. The number of hydrogen-bond acceptors (Lipinski definition) is 3. The molecule has 0 saturated carbocycles. The van der Waals surface area contributed by atoms with Crippen LogP contribution in [0.5, 0.6) is 0 Å². The molecule has 1 saturated heterocycles. The van der Waals surface area contributed by atoms with Crippen molar-refractivity contribution in [2.24, 2.45) is 0 Å². The van der Waals surface area contributed by atoms with E-state index in [1.54, 1.807) is 17.1 Å². The molecule has 1 fully saturated rings. The monoisotopic (exact) mass is 236 g/mol. The Labute approximate surface area is 102 Å². The van der Waals surface area contributed by atoms with Crippen LogP contribution in [0.3, 0.4) is 0 Å². The van der Waals surface area contributed by atoms with Crippen LogP contribution in [0, 0.1) is 0 Å². The van der Waals surface area contributed by atoms with Gasteiger partial charge in [-0.2, -0.15) is 5.10 Å². The Bertz CT molecular complexity index is 341. The second kappa shape index (κ2) is 5.82. The molecular formula is C12H20N4O. The molecule has 5 heteroatoms. The summed E-state index contributed by atoms with van der Waals surface area (Å²) in [6.45, 7) is 5.78. The van der Waals surface area contributed by atoms with Crippen molar-refractivity contribution in [3.8, 4) is 0 Å². The number of piperidine rings is 1. The number of hydrogen-bond donors (Lipinski definition) is 1. The molecule has 1 N–H and O–H groups in total. The number of carbonyl (C=O) groups excluding carboxylic acids is 1. The number of likely N-dealkylation sites (tertiary alicyclic amines) is 1. The predicted molar refractivity (Wildman–Crippen MR) is 65.5 cm³/mol. The Hall–Kier alpha value is -1.36. The second-order valence-electron chi connectivity index (χ2n) is 4.48. The summed E-state index contributed by atoms with van der Waals surface area (Å²) in [4.78, 5) is 14.2. The minimum Gasteiger partial charge on any atom is -0.352 e. The summed E-state index contributed by atoms with van der Waals surface area (Å²) in [5.41, 5.74) is 0. The lowest BCUT2D eigenvalue weighted by molar-refractivity contribution is -0.122. The normalized spacial score (nSPS) is 18.2. The van der Waals surface area contributed by atoms with Crippen LogP contribution in [0.2, 0.25) is 0 Å². The third-order valence-electron chi connectivity index (χ3n) is 3.26. The Balaban J connectivity index is 1.72. The highest BCUT2D eigenvalue weighted by Gasteiger charge is 2.19. The van der Waals surface area contributed by atoms with Crippen molar-refractivity contribution in [3.63, 3.8) is 0 Å². The Kier molecular flexibility index (Phi) is 4.14. The molecule has 94 valence electrons. The third kappa shape index (κ3) is 3.56. The van der Waals surface area contributed by atoms with Crippen LogP contribution in [-0.4, -0.2) is 46.3 Å². The first kappa shape index (κ1) is 12.1. The molecule has 1 aromatic heterocycles. The molecule has 0 aliphatic carbocycles. The maximum atomic E-state index is 11.7. The average molecular weight is 236 g/mol. The van der Waals surface area contributed by atoms with Crippen LogP contribution in [0.1, 0.15) is 19.8 Å². The van der Waals surface area contributed by atoms with Gasteiger partial charge >= 0.3 is 0 Å². The summed E-state index contributed by atoms with van der Waals surface area (Å²) in [7, 11) is 0. The van der Waals surface area contributed by atoms with E-state index in [0.717, 1.165) is 32.5 Å². The third-order valence-corrected chi connectivity index (χ3v) is 3.26. The minimum atomic E-state index is 0.0589. The first-order valence-corrected chi connectivity index (χ1v) is 6.27. The van der Waals surface area contributed by atoms with E-state index >= 15 is 0 Å². The van der Waals surface area contributed by atoms with E-state index in [2.05, 4.69) is 22.2 Å². The van der Waals surface area contributed by atoms with Gasteiger partial charge in [0.05, 0.1) is 0 Å². The summed E-state index contributed by atoms with van der Waals surface area (Å²) in [5, 5.41) is 7.10. The fraction of sp³-hybridized carbons (Fsp3) is 0.667. The lowest BCUT2D eigenvalue weighted by Crippen LogP contribution is -2.45. The van der Waals surface area contributed by atoms with Gasteiger partial charge in [0.25, 0.3) is 0 Å². The molecule has 17 heavy (non-hydrogen) atoms. The molecule has 0 unspecified atom stereocenters. The molecule has 2 rings (SSSR count). The van der Waals surface area contributed by atoms with E-state index < -0.39 is 0 Å². The van der Waals surface area contributed by atoms with Gasteiger partial charge in [0.2, 0.25) is 5.91 Å². The minimum absolute atomic E-state index is 0.0589. The van der Waals surface area contributed by atoms with Crippen LogP contribution >= 0.6 is 0 Å². The molecular weight excluding hydrogens is 216 g/mol. The van der Waals surface area contributed by atoms with Crippen molar-refractivity contribution in [2.45, 2.75) is 32.4 Å². The van der Waals surface area contributed by atoms with Gasteiger partial charge in [-0.1, -0.05) is 6.92 Å². The lowest BCUT2D eigenvalue weighted by Gasteiger charge is -2.31. The maximum Gasteiger partial charge on any atom is 0.241 e. The van der Waals surface area contributed by atoms with Crippen molar-refractivity contribution < 1.29 is 4.79 Å². The van der Waals surface area contributed by atoms with Gasteiger partial charge in [-0.25, -0.2) is 0 Å². The van der Waals surface area contributed by atoms with Crippen molar-refractivity contribution >= 4 is 5.91 Å². The zero-order chi connectivity index (χ0) is 12.1. The number of nitrogens with one attached hydrogen (secondary N) is 1. The Morgan fingerprint density at radius 1 is 1.47 bits per heavy atom. The van der Waals surface area contributed by atoms with Gasteiger partial charge in [-0.05, 0) is 25.5 Å². The van der Waals surface area contributed by atoms with Gasteiger partial charge in [-0.15, -0.1) is 0 Å². The smallest absolute Gasteiger partial charge is 0.241 e. The average Bonchev–Trinajstić information content (AvgIpc) is 2.82. The van der Waals surface area contributed by atoms with Crippen molar-refractivity contribution in [1.82, 2.24) is 20.0 Å². The number of nitrogens with zero attached hydrogens (tertiary/aromatic N) is 3. The molecule has 1 aliphatic rings. The summed E-state index contributed by atoms with van der Waals surface area (Å²) < 4.78 is 1.65. The van der Waals surface area contributed by atoms with Gasteiger partial charge in [0, 0.05) is 31.5 Å². The highest BCUT2D eigenvalue weighted by Crippen LogP contribution is 2.09. The molecule has 1 amide bonds. The number of aromatic nitrogens is 2. The van der Waals surface area contributed by atoms with E-state index in [4.69, 9.17) is 0 Å². The zero-order valence-electron chi connectivity index (χ0n) is 10.3. The van der Waals surface area contributed by atoms with Crippen LogP contribution in [-0.2, 0) is 11.3 Å². The molecule has 2 heterocycles. The quantitative estimate of drug-likeness (QED) is 0.827. The van der Waals surface area contributed by atoms with Gasteiger partial charge in [0.15, 0.2) is 0 Å². The van der Waals surface area contributed by atoms with Crippen LogP contribution < -0.4 is 5.32 Å². The van der Waals surface area contributed by atoms with E-state index in [1.807, 2.05) is 6.07 Å². The molecule has 1 aliphatic heterocycles. The molecule has 0 bridgehead atoms. The highest BCUT2D eigenvalue weighted by molar-refractivity contribution is 5.75. The van der Waals surface area contributed by atoms with Crippen LogP contribution in [0.4, 0.5) is 0 Å². The Morgan fingerprint density at radius 3 is 2.82 bits per heavy atom.